The van der Waals surface area contributed by atoms with Gasteiger partial charge in [-0.25, -0.2) is 4.79 Å². The van der Waals surface area contributed by atoms with Crippen molar-refractivity contribution in [2.45, 2.75) is 50.3 Å². The number of aliphatic hydroxyl groups is 4. The third-order valence-corrected chi connectivity index (χ3v) is 4.56. The first-order valence-corrected chi connectivity index (χ1v) is 8.39. The van der Waals surface area contributed by atoms with Gasteiger partial charge in [0.25, 0.3) is 0 Å². The van der Waals surface area contributed by atoms with E-state index in [-0.39, 0.29) is 12.0 Å². The maximum Gasteiger partial charge on any atom is 0.337 e. The Balaban J connectivity index is 2.23. The maximum absolute atomic E-state index is 11.9. The molecule has 0 aromatic heterocycles. The molecule has 7 atom stereocenters. The van der Waals surface area contributed by atoms with E-state index in [0.717, 1.165) is 6.26 Å². The first kappa shape index (κ1) is 21.5. The van der Waals surface area contributed by atoms with Crippen LogP contribution in [0.1, 0.15) is 13.3 Å². The van der Waals surface area contributed by atoms with E-state index in [4.69, 9.17) is 18.9 Å². The van der Waals surface area contributed by atoms with Crippen molar-refractivity contribution in [2.75, 3.05) is 13.7 Å². The Morgan fingerprint density at radius 1 is 1.26 bits per heavy atom. The van der Waals surface area contributed by atoms with Crippen LogP contribution in [0.25, 0.3) is 0 Å². The van der Waals surface area contributed by atoms with Gasteiger partial charge in [-0.05, 0) is 6.92 Å². The number of allylic oxidation sites excluding steroid dienone is 1. The third kappa shape index (κ3) is 4.37. The van der Waals surface area contributed by atoms with Crippen LogP contribution in [0.5, 0.6) is 0 Å². The summed E-state index contributed by atoms with van der Waals surface area (Å²) >= 11 is 0. The van der Waals surface area contributed by atoms with Gasteiger partial charge in [0.2, 0.25) is 6.29 Å². The van der Waals surface area contributed by atoms with Crippen molar-refractivity contribution in [3.05, 3.63) is 23.5 Å². The topological polar surface area (TPSA) is 152 Å². The molecule has 2 heterocycles. The highest BCUT2D eigenvalue weighted by molar-refractivity contribution is 5.90. The zero-order valence-electron chi connectivity index (χ0n) is 14.9. The van der Waals surface area contributed by atoms with Crippen molar-refractivity contribution in [2.24, 2.45) is 5.92 Å². The van der Waals surface area contributed by atoms with Crippen molar-refractivity contribution >= 4 is 12.3 Å². The Labute approximate surface area is 155 Å². The summed E-state index contributed by atoms with van der Waals surface area (Å²) in [4.78, 5) is 23.0. The van der Waals surface area contributed by atoms with E-state index in [9.17, 15) is 30.0 Å². The predicted molar refractivity (Wildman–Crippen MR) is 87.8 cm³/mol. The molecular formula is C17H24O10. The SMILES string of the molecule is C/C=C1/[C@H](O[C@@H]2O[C@H](CO)[C@@H](O)[C@H](O)[C@H]2O)OC=C(C(=O)OC)[C@H]1CC=O. The van der Waals surface area contributed by atoms with Gasteiger partial charge in [-0.1, -0.05) is 6.08 Å². The number of esters is 1. The minimum atomic E-state index is -1.61. The molecule has 1 saturated heterocycles. The van der Waals surface area contributed by atoms with Gasteiger partial charge < -0.3 is 44.2 Å². The molecule has 152 valence electrons. The van der Waals surface area contributed by atoms with Crippen LogP contribution in [0.15, 0.2) is 23.5 Å². The summed E-state index contributed by atoms with van der Waals surface area (Å²) in [6.45, 7) is 1.05. The Morgan fingerprint density at radius 3 is 2.52 bits per heavy atom. The summed E-state index contributed by atoms with van der Waals surface area (Å²) in [5.41, 5.74) is 0.549. The minimum Gasteiger partial charge on any atom is -0.468 e. The molecule has 0 aromatic rings. The lowest BCUT2D eigenvalue weighted by atomic mass is 9.86. The molecule has 1 fully saturated rings. The summed E-state index contributed by atoms with van der Waals surface area (Å²) in [5.74, 6) is -1.32. The number of hydrogen-bond acceptors (Lipinski definition) is 10. The summed E-state index contributed by atoms with van der Waals surface area (Å²) in [6, 6.07) is 0. The number of hydrogen-bond donors (Lipinski definition) is 4. The minimum absolute atomic E-state index is 0.0293. The van der Waals surface area contributed by atoms with E-state index in [1.807, 2.05) is 0 Å². The van der Waals surface area contributed by atoms with Gasteiger partial charge in [-0.2, -0.15) is 0 Å². The van der Waals surface area contributed by atoms with E-state index in [1.54, 1.807) is 13.0 Å². The van der Waals surface area contributed by atoms with E-state index in [1.165, 1.54) is 7.11 Å². The maximum atomic E-state index is 11.9. The Bertz CT molecular complexity index is 599. The lowest BCUT2D eigenvalue weighted by Gasteiger charge is -2.41. The van der Waals surface area contributed by atoms with Gasteiger partial charge in [-0.15, -0.1) is 0 Å². The Morgan fingerprint density at radius 2 is 1.96 bits per heavy atom. The number of rotatable bonds is 6. The summed E-state index contributed by atoms with van der Waals surface area (Å²) in [6.07, 6.45) is -5.11. The first-order chi connectivity index (χ1) is 12.9. The lowest BCUT2D eigenvalue weighted by molar-refractivity contribution is -0.327. The fourth-order valence-electron chi connectivity index (χ4n) is 3.06. The highest BCUT2D eigenvalue weighted by atomic mass is 16.8. The van der Waals surface area contributed by atoms with Crippen molar-refractivity contribution < 1.29 is 49.0 Å². The van der Waals surface area contributed by atoms with E-state index in [2.05, 4.69) is 0 Å². The van der Waals surface area contributed by atoms with Crippen LogP contribution in [0, 0.1) is 5.92 Å². The second-order valence-electron chi connectivity index (χ2n) is 6.11. The Hall–Kier alpha value is -1.82. The van der Waals surface area contributed by atoms with Crippen LogP contribution in [0.4, 0.5) is 0 Å². The monoisotopic (exact) mass is 388 g/mol. The number of carbonyl (C=O) groups excluding carboxylic acids is 2. The van der Waals surface area contributed by atoms with Crippen molar-refractivity contribution in [1.82, 2.24) is 0 Å². The van der Waals surface area contributed by atoms with Crippen LogP contribution >= 0.6 is 0 Å². The third-order valence-electron chi connectivity index (χ3n) is 4.56. The summed E-state index contributed by atoms with van der Waals surface area (Å²) in [5, 5.41) is 39.0. The zero-order chi connectivity index (χ0) is 20.1. The Kier molecular flexibility index (Phi) is 7.48. The molecule has 0 radical (unpaired) electrons. The molecule has 0 saturated carbocycles. The fourth-order valence-corrected chi connectivity index (χ4v) is 3.06. The van der Waals surface area contributed by atoms with Gasteiger partial charge in [-0.3, -0.25) is 0 Å². The van der Waals surface area contributed by atoms with Crippen LogP contribution < -0.4 is 0 Å². The highest BCUT2D eigenvalue weighted by Crippen LogP contribution is 2.35. The molecular weight excluding hydrogens is 364 g/mol. The largest absolute Gasteiger partial charge is 0.468 e. The average Bonchev–Trinajstić information content (AvgIpc) is 2.68. The fraction of sp³-hybridized carbons (Fsp3) is 0.647. The number of methoxy groups -OCH3 is 1. The average molecular weight is 388 g/mol. The van der Waals surface area contributed by atoms with Crippen molar-refractivity contribution in [1.29, 1.82) is 0 Å². The molecule has 10 nitrogen and oxygen atoms in total. The van der Waals surface area contributed by atoms with Gasteiger partial charge in [0, 0.05) is 17.9 Å². The highest BCUT2D eigenvalue weighted by Gasteiger charge is 2.46. The van der Waals surface area contributed by atoms with E-state index < -0.39 is 55.5 Å². The van der Waals surface area contributed by atoms with Crippen LogP contribution in [-0.4, -0.2) is 83.4 Å². The number of aldehydes is 1. The van der Waals surface area contributed by atoms with Crippen molar-refractivity contribution in [3.63, 3.8) is 0 Å². The molecule has 0 aliphatic carbocycles. The number of ether oxygens (including phenoxy) is 4. The van der Waals surface area contributed by atoms with Gasteiger partial charge >= 0.3 is 5.97 Å². The molecule has 0 spiro atoms. The molecule has 2 aliphatic heterocycles. The molecule has 0 unspecified atom stereocenters. The summed E-state index contributed by atoms with van der Waals surface area (Å²) < 4.78 is 21.0. The van der Waals surface area contributed by atoms with Crippen LogP contribution in [-0.2, 0) is 28.5 Å². The quantitative estimate of drug-likeness (QED) is 0.237. The lowest BCUT2D eigenvalue weighted by Crippen LogP contribution is -2.60. The first-order valence-electron chi connectivity index (χ1n) is 8.39. The number of carbonyl (C=O) groups is 2. The summed E-state index contributed by atoms with van der Waals surface area (Å²) in [7, 11) is 1.20. The molecule has 4 N–H and O–H groups in total. The second-order valence-corrected chi connectivity index (χ2v) is 6.11. The number of aliphatic hydroxyl groups excluding tert-OH is 4. The van der Waals surface area contributed by atoms with Crippen LogP contribution in [0.2, 0.25) is 0 Å². The second kappa shape index (κ2) is 9.40. The van der Waals surface area contributed by atoms with E-state index >= 15 is 0 Å². The molecule has 0 aromatic carbocycles. The molecule has 2 aliphatic rings. The smallest absolute Gasteiger partial charge is 0.337 e. The van der Waals surface area contributed by atoms with Gasteiger partial charge in [0.1, 0.15) is 30.7 Å². The van der Waals surface area contributed by atoms with Gasteiger partial charge in [0.05, 0.1) is 25.6 Å². The molecule has 0 amide bonds. The standard InChI is InChI=1S/C17H24O10/c1-3-8-9(4-5-18)10(15(23)24-2)7-25-16(8)27-17-14(22)13(21)12(20)11(6-19)26-17/h3,5,7,9,11-14,16-17,19-22H,4,6H2,1-2H3/b8-3+/t9-,11+,12+,13-,14+,16-,17-/m0/s1. The molecule has 27 heavy (non-hydrogen) atoms. The normalized spacial score (nSPS) is 38.1. The van der Waals surface area contributed by atoms with Gasteiger partial charge in [0.15, 0.2) is 6.29 Å². The molecule has 10 heteroatoms. The van der Waals surface area contributed by atoms with E-state index in [0.29, 0.717) is 11.9 Å². The van der Waals surface area contributed by atoms with Crippen molar-refractivity contribution in [3.8, 4) is 0 Å². The zero-order valence-corrected chi connectivity index (χ0v) is 14.9. The molecule has 2 rings (SSSR count). The van der Waals surface area contributed by atoms with Crippen LogP contribution in [0.3, 0.4) is 0 Å². The predicted octanol–water partition coefficient (Wildman–Crippen LogP) is -1.63. The molecule has 0 bridgehead atoms.